The van der Waals surface area contributed by atoms with Crippen molar-refractivity contribution in [2.75, 3.05) is 7.11 Å². The molecule has 0 N–H and O–H groups in total. The molecule has 2 heterocycles. The van der Waals surface area contributed by atoms with Gasteiger partial charge >= 0.3 is 0 Å². The van der Waals surface area contributed by atoms with Gasteiger partial charge in [-0.3, -0.25) is 0 Å². The van der Waals surface area contributed by atoms with Crippen LogP contribution in [0.2, 0.25) is 0 Å². The van der Waals surface area contributed by atoms with Crippen molar-refractivity contribution in [2.45, 2.75) is 0 Å². The van der Waals surface area contributed by atoms with Crippen LogP contribution in [-0.2, 0) is 0 Å². The zero-order chi connectivity index (χ0) is 18.1. The number of nitrogens with zero attached hydrogens (tertiary/aromatic N) is 2. The summed E-state index contributed by atoms with van der Waals surface area (Å²) in [4.78, 5) is 0. The summed E-state index contributed by atoms with van der Waals surface area (Å²) in [7, 11) is 1.61. The average molecular weight is 370 g/mol. The van der Waals surface area contributed by atoms with Gasteiger partial charge in [0.15, 0.2) is 10.8 Å². The SMILES string of the molecule is COc1ccc(-c2nnc(-c3ccc(-c4ccc(F)cc4F)o3)s2)cc1. The van der Waals surface area contributed by atoms with Crippen molar-refractivity contribution in [1.29, 1.82) is 0 Å². The number of furan rings is 1. The van der Waals surface area contributed by atoms with Gasteiger partial charge in [-0.25, -0.2) is 8.78 Å². The van der Waals surface area contributed by atoms with Gasteiger partial charge in [-0.15, -0.1) is 10.2 Å². The molecule has 0 radical (unpaired) electrons. The second-order valence-electron chi connectivity index (χ2n) is 5.43. The number of hydrogen-bond acceptors (Lipinski definition) is 5. The Bertz CT molecular complexity index is 1060. The van der Waals surface area contributed by atoms with E-state index in [0.29, 0.717) is 16.5 Å². The maximum absolute atomic E-state index is 13.9. The van der Waals surface area contributed by atoms with E-state index in [-0.39, 0.29) is 5.56 Å². The van der Waals surface area contributed by atoms with Gasteiger partial charge in [-0.2, -0.15) is 0 Å². The van der Waals surface area contributed by atoms with Crippen molar-refractivity contribution in [1.82, 2.24) is 10.2 Å². The second-order valence-corrected chi connectivity index (χ2v) is 6.41. The van der Waals surface area contributed by atoms with Crippen molar-refractivity contribution >= 4 is 11.3 Å². The average Bonchev–Trinajstić information content (AvgIpc) is 3.31. The van der Waals surface area contributed by atoms with E-state index in [2.05, 4.69) is 10.2 Å². The summed E-state index contributed by atoms with van der Waals surface area (Å²) in [5, 5.41) is 9.62. The minimum Gasteiger partial charge on any atom is -0.497 e. The molecule has 0 atom stereocenters. The predicted octanol–water partition coefficient (Wildman–Crippen LogP) is 5.42. The summed E-state index contributed by atoms with van der Waals surface area (Å²) in [6.07, 6.45) is 0. The van der Waals surface area contributed by atoms with E-state index in [1.54, 1.807) is 19.2 Å². The quantitative estimate of drug-likeness (QED) is 0.481. The van der Waals surface area contributed by atoms with Gasteiger partial charge in [0, 0.05) is 11.6 Å². The van der Waals surface area contributed by atoms with Gasteiger partial charge in [0.25, 0.3) is 0 Å². The summed E-state index contributed by atoms with van der Waals surface area (Å²) in [6.45, 7) is 0. The molecule has 0 saturated heterocycles. The lowest BCUT2D eigenvalue weighted by Gasteiger charge is -1.99. The highest BCUT2D eigenvalue weighted by Gasteiger charge is 2.15. The van der Waals surface area contributed by atoms with Crippen molar-refractivity contribution in [3.8, 4) is 38.4 Å². The Balaban J connectivity index is 1.63. The number of rotatable bonds is 4. The molecule has 130 valence electrons. The topological polar surface area (TPSA) is 48.2 Å². The Morgan fingerprint density at radius 3 is 2.35 bits per heavy atom. The zero-order valence-electron chi connectivity index (χ0n) is 13.6. The number of aromatic nitrogens is 2. The molecule has 4 aromatic rings. The third-order valence-corrected chi connectivity index (χ3v) is 4.76. The lowest BCUT2D eigenvalue weighted by atomic mass is 10.1. The van der Waals surface area contributed by atoms with Crippen LogP contribution >= 0.6 is 11.3 Å². The first-order valence-corrected chi connectivity index (χ1v) is 8.49. The van der Waals surface area contributed by atoms with Crippen LogP contribution in [0.25, 0.3) is 32.7 Å². The Kier molecular flexibility index (Phi) is 4.22. The summed E-state index contributed by atoms with van der Waals surface area (Å²) in [5.74, 6) is 0.226. The molecule has 0 spiro atoms. The first kappa shape index (κ1) is 16.4. The van der Waals surface area contributed by atoms with Crippen LogP contribution in [0.15, 0.2) is 59.0 Å². The first-order chi connectivity index (χ1) is 12.6. The molecule has 0 aliphatic heterocycles. The molecular weight excluding hydrogens is 358 g/mol. The molecular formula is C19H12F2N2O2S. The van der Waals surface area contributed by atoms with Crippen LogP contribution < -0.4 is 4.74 Å². The van der Waals surface area contributed by atoms with E-state index < -0.39 is 11.6 Å². The molecule has 26 heavy (non-hydrogen) atoms. The monoisotopic (exact) mass is 370 g/mol. The standard InChI is InChI=1S/C19H12F2N2O2S/c1-24-13-5-2-11(3-6-13)18-22-23-19(26-18)17-9-8-16(25-17)14-7-4-12(20)10-15(14)21/h2-10H,1H3. The molecule has 0 unspecified atom stereocenters. The highest BCUT2D eigenvalue weighted by molar-refractivity contribution is 7.17. The zero-order valence-corrected chi connectivity index (χ0v) is 14.4. The fourth-order valence-corrected chi connectivity index (χ4v) is 3.27. The summed E-state index contributed by atoms with van der Waals surface area (Å²) < 4.78 is 37.8. The van der Waals surface area contributed by atoms with Crippen molar-refractivity contribution in [2.24, 2.45) is 0 Å². The predicted molar refractivity (Wildman–Crippen MR) is 95.0 cm³/mol. The van der Waals surface area contributed by atoms with Crippen LogP contribution in [0.4, 0.5) is 8.78 Å². The van der Waals surface area contributed by atoms with E-state index in [9.17, 15) is 8.78 Å². The highest BCUT2D eigenvalue weighted by atomic mass is 32.1. The highest BCUT2D eigenvalue weighted by Crippen LogP contribution is 2.34. The van der Waals surface area contributed by atoms with Crippen molar-refractivity contribution in [3.63, 3.8) is 0 Å². The van der Waals surface area contributed by atoms with Gasteiger partial charge in [-0.05, 0) is 48.5 Å². The fraction of sp³-hybridized carbons (Fsp3) is 0.0526. The smallest absolute Gasteiger partial charge is 0.183 e. The van der Waals surface area contributed by atoms with Crippen molar-refractivity contribution in [3.05, 3.63) is 66.2 Å². The van der Waals surface area contributed by atoms with Crippen molar-refractivity contribution < 1.29 is 17.9 Å². The molecule has 0 fully saturated rings. The van der Waals surface area contributed by atoms with Gasteiger partial charge in [0.1, 0.15) is 28.2 Å². The van der Waals surface area contributed by atoms with Gasteiger partial charge in [0.2, 0.25) is 0 Å². The Hall–Kier alpha value is -3.06. The molecule has 0 saturated carbocycles. The molecule has 4 nitrogen and oxygen atoms in total. The largest absolute Gasteiger partial charge is 0.497 e. The van der Waals surface area contributed by atoms with E-state index in [0.717, 1.165) is 22.4 Å². The van der Waals surface area contributed by atoms with Gasteiger partial charge in [-0.1, -0.05) is 11.3 Å². The van der Waals surface area contributed by atoms with E-state index in [1.807, 2.05) is 24.3 Å². The van der Waals surface area contributed by atoms with E-state index in [1.165, 1.54) is 23.5 Å². The van der Waals surface area contributed by atoms with Gasteiger partial charge in [0.05, 0.1) is 12.7 Å². The van der Waals surface area contributed by atoms with Crippen LogP contribution in [0.5, 0.6) is 5.75 Å². The molecule has 4 rings (SSSR count). The maximum Gasteiger partial charge on any atom is 0.183 e. The molecule has 0 aliphatic carbocycles. The maximum atomic E-state index is 13.9. The number of halogens is 2. The number of benzene rings is 2. The number of hydrogen-bond donors (Lipinski definition) is 0. The van der Waals surface area contributed by atoms with Gasteiger partial charge < -0.3 is 9.15 Å². The normalized spacial score (nSPS) is 10.9. The molecule has 0 aliphatic rings. The molecule has 7 heteroatoms. The van der Waals surface area contributed by atoms with E-state index >= 15 is 0 Å². The molecule has 2 aromatic heterocycles. The Labute approximate surface area is 151 Å². The molecule has 0 bridgehead atoms. The Morgan fingerprint density at radius 2 is 1.62 bits per heavy atom. The van der Waals surface area contributed by atoms with Crippen LogP contribution in [0, 0.1) is 11.6 Å². The van der Waals surface area contributed by atoms with Crippen LogP contribution in [-0.4, -0.2) is 17.3 Å². The lowest BCUT2D eigenvalue weighted by molar-refractivity contribution is 0.415. The summed E-state index contributed by atoms with van der Waals surface area (Å²) in [6, 6.07) is 14.1. The van der Waals surface area contributed by atoms with Crippen LogP contribution in [0.1, 0.15) is 0 Å². The fourth-order valence-electron chi connectivity index (χ4n) is 2.46. The summed E-state index contributed by atoms with van der Waals surface area (Å²) >= 11 is 1.36. The first-order valence-electron chi connectivity index (χ1n) is 7.67. The van der Waals surface area contributed by atoms with Crippen LogP contribution in [0.3, 0.4) is 0 Å². The molecule has 0 amide bonds. The lowest BCUT2D eigenvalue weighted by Crippen LogP contribution is -1.84. The second kappa shape index (κ2) is 6.68. The minimum absolute atomic E-state index is 0.192. The minimum atomic E-state index is -0.679. The van der Waals surface area contributed by atoms with E-state index in [4.69, 9.17) is 9.15 Å². The number of methoxy groups -OCH3 is 1. The Morgan fingerprint density at radius 1 is 0.885 bits per heavy atom. The molecule has 2 aromatic carbocycles. The summed E-state index contributed by atoms with van der Waals surface area (Å²) in [5.41, 5.74) is 1.10. The third kappa shape index (κ3) is 3.09. The third-order valence-electron chi connectivity index (χ3n) is 3.78. The number of ether oxygens (including phenoxy) is 1.